The van der Waals surface area contributed by atoms with E-state index in [1.807, 2.05) is 37.3 Å². The molecule has 1 aliphatic rings. The van der Waals surface area contributed by atoms with E-state index in [1.54, 1.807) is 0 Å². The van der Waals surface area contributed by atoms with Gasteiger partial charge >= 0.3 is 0 Å². The summed E-state index contributed by atoms with van der Waals surface area (Å²) in [4.78, 5) is 12.1. The van der Waals surface area contributed by atoms with E-state index in [0.717, 1.165) is 12.0 Å². The molecule has 86 valence electrons. The van der Waals surface area contributed by atoms with Crippen molar-refractivity contribution < 1.29 is 9.90 Å². The molecule has 0 bridgehead atoms. The molecule has 0 aromatic heterocycles. The van der Waals surface area contributed by atoms with Crippen LogP contribution < -0.4 is 5.32 Å². The van der Waals surface area contributed by atoms with E-state index in [9.17, 15) is 9.90 Å². The first-order valence-electron chi connectivity index (χ1n) is 5.70. The van der Waals surface area contributed by atoms with Gasteiger partial charge in [-0.2, -0.15) is 0 Å². The fourth-order valence-electron chi connectivity index (χ4n) is 2.37. The van der Waals surface area contributed by atoms with Gasteiger partial charge in [0.25, 0.3) is 0 Å². The van der Waals surface area contributed by atoms with Crippen LogP contribution in [0.4, 0.5) is 0 Å². The molecule has 0 saturated heterocycles. The lowest BCUT2D eigenvalue weighted by molar-refractivity contribution is -0.124. The van der Waals surface area contributed by atoms with Crippen molar-refractivity contribution in [1.82, 2.24) is 5.32 Å². The number of carbonyl (C=O) groups excluding carboxylic acids is 1. The predicted molar refractivity (Wildman–Crippen MR) is 62.0 cm³/mol. The Balaban J connectivity index is 2.28. The van der Waals surface area contributed by atoms with Crippen LogP contribution in [0.5, 0.6) is 0 Å². The Labute approximate surface area is 95.5 Å². The maximum atomic E-state index is 12.1. The lowest BCUT2D eigenvalue weighted by Gasteiger charge is -2.16. The van der Waals surface area contributed by atoms with Crippen LogP contribution in [0.25, 0.3) is 0 Å². The zero-order valence-electron chi connectivity index (χ0n) is 9.44. The van der Waals surface area contributed by atoms with Gasteiger partial charge in [-0.25, -0.2) is 0 Å². The molecule has 3 nitrogen and oxygen atoms in total. The van der Waals surface area contributed by atoms with Crippen molar-refractivity contribution >= 4 is 5.91 Å². The molecule has 0 aliphatic heterocycles. The lowest BCUT2D eigenvalue weighted by atomic mass is 9.92. The van der Waals surface area contributed by atoms with E-state index < -0.39 is 5.41 Å². The van der Waals surface area contributed by atoms with Gasteiger partial charge in [-0.05, 0) is 18.9 Å². The topological polar surface area (TPSA) is 49.3 Å². The number of aliphatic hydroxyl groups is 1. The maximum absolute atomic E-state index is 12.1. The van der Waals surface area contributed by atoms with Gasteiger partial charge in [0.15, 0.2) is 0 Å². The number of likely N-dealkylation sites (N-methyl/N-ethyl adjacent to an activating group) is 1. The van der Waals surface area contributed by atoms with Crippen LogP contribution >= 0.6 is 0 Å². The molecule has 0 unspecified atom stereocenters. The van der Waals surface area contributed by atoms with Crippen LogP contribution in [-0.4, -0.2) is 24.2 Å². The molecule has 1 aliphatic carbocycles. The van der Waals surface area contributed by atoms with Gasteiger partial charge in [-0.15, -0.1) is 0 Å². The van der Waals surface area contributed by atoms with Crippen LogP contribution in [0.15, 0.2) is 30.3 Å². The molecule has 3 heteroatoms. The largest absolute Gasteiger partial charge is 0.396 e. The first-order chi connectivity index (χ1) is 7.75. The summed E-state index contributed by atoms with van der Waals surface area (Å²) in [6.07, 6.45) is 0.749. The van der Waals surface area contributed by atoms with Crippen molar-refractivity contribution in [2.45, 2.75) is 18.8 Å². The van der Waals surface area contributed by atoms with Gasteiger partial charge in [0.1, 0.15) is 0 Å². The van der Waals surface area contributed by atoms with E-state index in [1.165, 1.54) is 0 Å². The molecule has 2 rings (SSSR count). The molecular weight excluding hydrogens is 202 g/mol. The Morgan fingerprint density at radius 1 is 1.50 bits per heavy atom. The average molecular weight is 219 g/mol. The Morgan fingerprint density at radius 2 is 2.19 bits per heavy atom. The summed E-state index contributed by atoms with van der Waals surface area (Å²) < 4.78 is 0. The standard InChI is InChI=1S/C13H17NO2/c1-2-14-12(16)13(8-11(13)9-15)10-6-4-3-5-7-10/h3-7,11,15H,2,8-9H2,1H3,(H,14,16)/t11-,13+/m1/s1. The fourth-order valence-corrected chi connectivity index (χ4v) is 2.37. The molecule has 0 spiro atoms. The molecule has 1 fully saturated rings. The molecule has 1 aromatic carbocycles. The minimum atomic E-state index is -0.480. The van der Waals surface area contributed by atoms with Gasteiger partial charge in [-0.3, -0.25) is 4.79 Å². The number of carbonyl (C=O) groups is 1. The Bertz CT molecular complexity index is 377. The Kier molecular flexibility index (Phi) is 2.97. The number of nitrogens with one attached hydrogen (secondary N) is 1. The molecule has 2 atom stereocenters. The van der Waals surface area contributed by atoms with Gasteiger partial charge in [0.05, 0.1) is 5.41 Å². The van der Waals surface area contributed by atoms with Gasteiger partial charge in [0.2, 0.25) is 5.91 Å². The number of hydrogen-bond donors (Lipinski definition) is 2. The van der Waals surface area contributed by atoms with Gasteiger partial charge < -0.3 is 10.4 Å². The van der Waals surface area contributed by atoms with Crippen molar-refractivity contribution in [2.24, 2.45) is 5.92 Å². The highest BCUT2D eigenvalue weighted by Gasteiger charge is 2.60. The molecule has 1 saturated carbocycles. The highest BCUT2D eigenvalue weighted by molar-refractivity contribution is 5.92. The average Bonchev–Trinajstić information content (AvgIpc) is 3.06. The zero-order chi connectivity index (χ0) is 11.6. The van der Waals surface area contributed by atoms with Gasteiger partial charge in [0, 0.05) is 19.1 Å². The van der Waals surface area contributed by atoms with E-state index >= 15 is 0 Å². The summed E-state index contributed by atoms with van der Waals surface area (Å²) in [6.45, 7) is 2.62. The van der Waals surface area contributed by atoms with Crippen LogP contribution in [0.3, 0.4) is 0 Å². The van der Waals surface area contributed by atoms with Gasteiger partial charge in [-0.1, -0.05) is 30.3 Å². The first kappa shape index (κ1) is 11.1. The number of amides is 1. The van der Waals surface area contributed by atoms with Crippen LogP contribution in [0.1, 0.15) is 18.9 Å². The highest BCUT2D eigenvalue weighted by Crippen LogP contribution is 2.54. The zero-order valence-corrected chi connectivity index (χ0v) is 9.44. The minimum absolute atomic E-state index is 0.0419. The Hall–Kier alpha value is -1.35. The summed E-state index contributed by atoms with van der Waals surface area (Å²) in [5, 5.41) is 12.1. The fraction of sp³-hybridized carbons (Fsp3) is 0.462. The summed E-state index contributed by atoms with van der Waals surface area (Å²) in [6, 6.07) is 9.73. The molecule has 0 radical (unpaired) electrons. The van der Waals surface area contributed by atoms with E-state index in [2.05, 4.69) is 5.32 Å². The van der Waals surface area contributed by atoms with E-state index in [-0.39, 0.29) is 18.4 Å². The summed E-state index contributed by atoms with van der Waals surface area (Å²) in [5.74, 6) is 0.113. The first-order valence-corrected chi connectivity index (χ1v) is 5.70. The number of hydrogen-bond acceptors (Lipinski definition) is 2. The number of benzene rings is 1. The van der Waals surface area contributed by atoms with E-state index in [0.29, 0.717) is 6.54 Å². The number of rotatable bonds is 4. The molecular formula is C13H17NO2. The third-order valence-electron chi connectivity index (χ3n) is 3.36. The smallest absolute Gasteiger partial charge is 0.231 e. The second kappa shape index (κ2) is 4.26. The molecule has 1 aromatic rings. The van der Waals surface area contributed by atoms with Crippen molar-refractivity contribution in [2.75, 3.05) is 13.2 Å². The summed E-state index contributed by atoms with van der Waals surface area (Å²) in [7, 11) is 0. The third-order valence-corrected chi connectivity index (χ3v) is 3.36. The highest BCUT2D eigenvalue weighted by atomic mass is 16.3. The van der Waals surface area contributed by atoms with Crippen molar-refractivity contribution in [3.8, 4) is 0 Å². The second-order valence-corrected chi connectivity index (χ2v) is 4.28. The number of aliphatic hydroxyl groups excluding tert-OH is 1. The van der Waals surface area contributed by atoms with Crippen LogP contribution in [0, 0.1) is 5.92 Å². The van der Waals surface area contributed by atoms with Crippen LogP contribution in [0.2, 0.25) is 0 Å². The SMILES string of the molecule is CCNC(=O)[C@]1(c2ccccc2)C[C@@H]1CO. The monoisotopic (exact) mass is 219 g/mol. The quantitative estimate of drug-likeness (QED) is 0.796. The van der Waals surface area contributed by atoms with E-state index in [4.69, 9.17) is 0 Å². The second-order valence-electron chi connectivity index (χ2n) is 4.28. The molecule has 0 heterocycles. The molecule has 2 N–H and O–H groups in total. The maximum Gasteiger partial charge on any atom is 0.231 e. The lowest BCUT2D eigenvalue weighted by Crippen LogP contribution is -2.36. The summed E-state index contributed by atoms with van der Waals surface area (Å²) in [5.41, 5.74) is 0.534. The predicted octanol–water partition coefficient (Wildman–Crippen LogP) is 1.07. The van der Waals surface area contributed by atoms with Crippen molar-refractivity contribution in [1.29, 1.82) is 0 Å². The van der Waals surface area contributed by atoms with Crippen molar-refractivity contribution in [3.05, 3.63) is 35.9 Å². The third kappa shape index (κ3) is 1.61. The Morgan fingerprint density at radius 3 is 2.69 bits per heavy atom. The minimum Gasteiger partial charge on any atom is -0.396 e. The van der Waals surface area contributed by atoms with Crippen LogP contribution in [-0.2, 0) is 10.2 Å². The van der Waals surface area contributed by atoms with Crippen molar-refractivity contribution in [3.63, 3.8) is 0 Å². The normalized spacial score (nSPS) is 27.5. The summed E-state index contributed by atoms with van der Waals surface area (Å²) >= 11 is 0. The molecule has 1 amide bonds. The molecule has 16 heavy (non-hydrogen) atoms.